The van der Waals surface area contributed by atoms with Crippen molar-refractivity contribution in [2.75, 3.05) is 26.3 Å². The molecule has 8 nitrogen and oxygen atoms in total. The van der Waals surface area contributed by atoms with E-state index < -0.39 is 29.8 Å². The highest BCUT2D eigenvalue weighted by Gasteiger charge is 2.65. The first-order chi connectivity index (χ1) is 19.2. The molecule has 0 aromatic rings. The number of rotatable bonds is 9. The van der Waals surface area contributed by atoms with Crippen LogP contribution in [0.15, 0.2) is 16.8 Å². The van der Waals surface area contributed by atoms with Crippen molar-refractivity contribution in [3.05, 3.63) is 11.8 Å². The third-order valence-electron chi connectivity index (χ3n) is 11.1. The van der Waals surface area contributed by atoms with Crippen LogP contribution >= 0.6 is 0 Å². The Labute approximate surface area is 240 Å². The van der Waals surface area contributed by atoms with Gasteiger partial charge in [-0.2, -0.15) is 0 Å². The first kappa shape index (κ1) is 29.9. The Bertz CT molecular complexity index is 967. The summed E-state index contributed by atoms with van der Waals surface area (Å²) < 4.78 is 15.0. The summed E-state index contributed by atoms with van der Waals surface area (Å²) >= 11 is 0. The predicted molar refractivity (Wildman–Crippen MR) is 159 cm³/mol. The lowest BCUT2D eigenvalue weighted by molar-refractivity contribution is -0.128. The molecule has 0 aromatic carbocycles. The lowest BCUT2D eigenvalue weighted by atomic mass is 9.77. The van der Waals surface area contributed by atoms with Crippen LogP contribution in [0, 0.1) is 22.7 Å². The maximum atomic E-state index is 15.0. The molecular weight excluding hydrogens is 505 g/mol. The number of nitrogens with zero attached hydrogens (tertiary/aromatic N) is 2. The molecule has 0 aromatic heterocycles. The molecule has 2 saturated heterocycles. The summed E-state index contributed by atoms with van der Waals surface area (Å²) in [5, 5.41) is 10.8. The third kappa shape index (κ3) is 5.72. The fourth-order valence-electron chi connectivity index (χ4n) is 8.86. The molecule has 226 valence electrons. The molecule has 0 radical (unpaired) electrons. The first-order valence-corrected chi connectivity index (χ1v) is 16.1. The van der Waals surface area contributed by atoms with Crippen LogP contribution < -0.4 is 27.4 Å². The van der Waals surface area contributed by atoms with Gasteiger partial charge in [-0.25, -0.2) is 4.39 Å². The summed E-state index contributed by atoms with van der Waals surface area (Å²) in [5.41, 5.74) is 13.4. The Kier molecular flexibility index (Phi) is 8.96. The van der Waals surface area contributed by atoms with E-state index in [2.05, 4.69) is 47.7 Å². The monoisotopic (exact) mass is 559 g/mol. The molecule has 7 N–H and O–H groups in total. The number of nitrogens with two attached hydrogens (primary N) is 2. The molecular formula is C31H54FN7O. The molecule has 6 rings (SSSR count). The lowest BCUT2D eigenvalue weighted by Crippen LogP contribution is -2.66. The number of nitrogens with one attached hydrogen (secondary N) is 3. The van der Waals surface area contributed by atoms with Crippen molar-refractivity contribution >= 4 is 12.1 Å². The molecule has 4 heterocycles. The van der Waals surface area contributed by atoms with Crippen LogP contribution in [-0.2, 0) is 4.79 Å². The van der Waals surface area contributed by atoms with Gasteiger partial charge >= 0.3 is 0 Å². The zero-order chi connectivity index (χ0) is 28.5. The van der Waals surface area contributed by atoms with Gasteiger partial charge in [0.2, 0.25) is 5.91 Å². The van der Waals surface area contributed by atoms with Crippen molar-refractivity contribution in [3.8, 4) is 0 Å². The van der Waals surface area contributed by atoms with Crippen LogP contribution in [0.25, 0.3) is 0 Å². The van der Waals surface area contributed by atoms with E-state index in [0.717, 1.165) is 64.7 Å². The fourth-order valence-corrected chi connectivity index (χ4v) is 8.86. The van der Waals surface area contributed by atoms with E-state index in [1.165, 1.54) is 31.2 Å². The van der Waals surface area contributed by atoms with Crippen LogP contribution in [-0.4, -0.2) is 73.3 Å². The van der Waals surface area contributed by atoms with Gasteiger partial charge in [-0.1, -0.05) is 46.5 Å². The van der Waals surface area contributed by atoms with Gasteiger partial charge in [-0.05, 0) is 67.8 Å². The smallest absolute Gasteiger partial charge is 0.229 e. The van der Waals surface area contributed by atoms with Crippen LogP contribution in [0.4, 0.5) is 4.39 Å². The van der Waals surface area contributed by atoms with Crippen molar-refractivity contribution in [1.29, 1.82) is 0 Å². The van der Waals surface area contributed by atoms with Crippen molar-refractivity contribution in [2.24, 2.45) is 39.1 Å². The zero-order valence-electron chi connectivity index (χ0n) is 25.1. The molecule has 40 heavy (non-hydrogen) atoms. The normalized spacial score (nSPS) is 40.4. The highest BCUT2D eigenvalue weighted by atomic mass is 19.1. The number of alkyl halides is 1. The number of aliphatic imine (C=N–C) groups is 1. The van der Waals surface area contributed by atoms with E-state index in [9.17, 15) is 9.18 Å². The minimum atomic E-state index is -1.11. The Morgan fingerprint density at radius 2 is 2.10 bits per heavy atom. The second-order valence-electron chi connectivity index (χ2n) is 13.9. The number of hydrogen-bond acceptors (Lipinski definition) is 7. The minimum absolute atomic E-state index is 0.00142. The maximum Gasteiger partial charge on any atom is 0.229 e. The first-order valence-electron chi connectivity index (χ1n) is 16.1. The minimum Gasteiger partial charge on any atom is -0.359 e. The third-order valence-corrected chi connectivity index (χ3v) is 11.1. The van der Waals surface area contributed by atoms with Gasteiger partial charge in [0.05, 0.1) is 30.3 Å². The average molecular weight is 560 g/mol. The summed E-state index contributed by atoms with van der Waals surface area (Å²) in [6.45, 7) is 10.0. The van der Waals surface area contributed by atoms with Gasteiger partial charge in [0.25, 0.3) is 0 Å². The lowest BCUT2D eigenvalue weighted by Gasteiger charge is -2.47. The Morgan fingerprint density at radius 3 is 2.80 bits per heavy atom. The van der Waals surface area contributed by atoms with Crippen molar-refractivity contribution < 1.29 is 9.18 Å². The van der Waals surface area contributed by atoms with Crippen molar-refractivity contribution in [3.63, 3.8) is 0 Å². The van der Waals surface area contributed by atoms with Gasteiger partial charge in [-0.3, -0.25) is 15.1 Å². The Morgan fingerprint density at radius 1 is 1.27 bits per heavy atom. The number of amides is 1. The number of hydrogen-bond donors (Lipinski definition) is 5. The van der Waals surface area contributed by atoms with Gasteiger partial charge in [0.15, 0.2) is 0 Å². The molecule has 1 amide bonds. The topological polar surface area (TPSA) is 121 Å². The number of halogens is 1. The van der Waals surface area contributed by atoms with E-state index in [1.807, 2.05) is 0 Å². The van der Waals surface area contributed by atoms with E-state index in [0.29, 0.717) is 24.9 Å². The van der Waals surface area contributed by atoms with Crippen LogP contribution in [0.3, 0.4) is 0 Å². The highest BCUT2D eigenvalue weighted by Crippen LogP contribution is 2.71. The Hall–Kier alpha value is -1.55. The van der Waals surface area contributed by atoms with Crippen LogP contribution in [0.1, 0.15) is 91.4 Å². The van der Waals surface area contributed by atoms with Crippen LogP contribution in [0.2, 0.25) is 0 Å². The second-order valence-corrected chi connectivity index (χ2v) is 13.9. The molecule has 2 aliphatic carbocycles. The van der Waals surface area contributed by atoms with Crippen molar-refractivity contribution in [2.45, 2.75) is 121 Å². The molecule has 0 spiro atoms. The van der Waals surface area contributed by atoms with E-state index >= 15 is 0 Å². The van der Waals surface area contributed by atoms with E-state index in [-0.39, 0.29) is 16.7 Å². The summed E-state index contributed by atoms with van der Waals surface area (Å²) in [4.78, 5) is 21.5. The molecule has 9 heteroatoms. The molecule has 6 aliphatic rings. The summed E-state index contributed by atoms with van der Waals surface area (Å²) in [6, 6.07) is -0.122. The summed E-state index contributed by atoms with van der Waals surface area (Å²) in [6.07, 6.45) is 12.8. The Balaban J connectivity index is 1.45. The molecule has 1 saturated carbocycles. The highest BCUT2D eigenvalue weighted by molar-refractivity contribution is 5.82. The maximum absolute atomic E-state index is 15.0. The molecule has 3 fully saturated rings. The SMILES string of the molecule is CCCC1CCCCC2(NC(=O)C(C(N)N)C3CC4(CCC)CC4(C)CC(F)C=N3)CNC1C=C2N1CCNC1. The van der Waals surface area contributed by atoms with Gasteiger partial charge in [0, 0.05) is 37.6 Å². The van der Waals surface area contributed by atoms with Gasteiger partial charge in [0.1, 0.15) is 6.17 Å². The molecule has 8 atom stereocenters. The van der Waals surface area contributed by atoms with Gasteiger partial charge < -0.3 is 27.0 Å². The number of carbonyl (C=O) groups excluding carboxylic acids is 1. The molecule has 4 aliphatic heterocycles. The van der Waals surface area contributed by atoms with E-state index in [4.69, 9.17) is 16.5 Å². The summed E-state index contributed by atoms with van der Waals surface area (Å²) in [7, 11) is 0. The largest absolute Gasteiger partial charge is 0.359 e. The zero-order valence-corrected chi connectivity index (χ0v) is 25.1. The van der Waals surface area contributed by atoms with E-state index in [1.54, 1.807) is 0 Å². The fraction of sp³-hybridized carbons (Fsp3) is 0.871. The second kappa shape index (κ2) is 12.0. The average Bonchev–Trinajstić information content (AvgIpc) is 3.25. The molecule has 2 bridgehead atoms. The number of carbonyl (C=O) groups is 1. The molecule has 8 unspecified atom stereocenters. The van der Waals surface area contributed by atoms with Gasteiger partial charge in [-0.15, -0.1) is 0 Å². The standard InChI is InChI=1S/C31H54FN7O/c1-4-8-21-9-6-7-11-31(19-37-23(21)14-25(31)39-13-12-35-20-39)38-28(40)26(27(33)34)24-16-30(10-5-2)18-29(30,3)15-22(32)17-36-24/h14,17,21-24,26-27,35,37H,4-13,15-16,18-20,33-34H2,1-3H3,(H,38,40). The summed E-state index contributed by atoms with van der Waals surface area (Å²) in [5.74, 6) is -0.261. The van der Waals surface area contributed by atoms with Crippen molar-refractivity contribution in [1.82, 2.24) is 20.9 Å². The number of fused-ring (bicyclic) bond motifs is 6. The quantitative estimate of drug-likeness (QED) is 0.277. The predicted octanol–water partition coefficient (Wildman–Crippen LogP) is 3.18. The van der Waals surface area contributed by atoms with Crippen LogP contribution in [0.5, 0.6) is 0 Å².